The molecule has 1 atom stereocenters. The van der Waals surface area contributed by atoms with Crippen LogP contribution in [0.3, 0.4) is 0 Å². The Morgan fingerprint density at radius 2 is 2.20 bits per heavy atom. The third kappa shape index (κ3) is 4.11. The molecule has 0 aromatic heterocycles. The summed E-state index contributed by atoms with van der Waals surface area (Å²) < 4.78 is 9.70. The van der Waals surface area contributed by atoms with Crippen LogP contribution in [0.4, 0.5) is 0 Å². The molecular formula is C2H7NOS. The molecule has 0 aliphatic rings. The van der Waals surface area contributed by atoms with E-state index < -0.39 is 11.0 Å². The monoisotopic (exact) mass is 93.0 g/mol. The van der Waals surface area contributed by atoms with E-state index in [2.05, 4.69) is 0 Å². The maximum Gasteiger partial charge on any atom is 0.0885 e. The summed E-state index contributed by atoms with van der Waals surface area (Å²) in [6, 6.07) is 0. The number of rotatable bonds is 1. The van der Waals surface area contributed by atoms with Crippen molar-refractivity contribution in [2.75, 3.05) is 5.75 Å². The van der Waals surface area contributed by atoms with Crippen LogP contribution in [0.25, 0.3) is 0 Å². The summed E-state index contributed by atoms with van der Waals surface area (Å²) >= 11 is 0. The number of hydrogen-bond donors (Lipinski definition) is 1. The first-order chi connectivity index (χ1) is 2.27. The Bertz CT molecular complexity index is 44.9. The lowest BCUT2D eigenvalue weighted by Crippen LogP contribution is -2.02. The van der Waals surface area contributed by atoms with E-state index in [4.69, 9.17) is 5.14 Å². The van der Waals surface area contributed by atoms with Crippen LogP contribution in [0.5, 0.6) is 0 Å². The molecule has 0 fully saturated rings. The second kappa shape index (κ2) is 2.35. The zero-order chi connectivity index (χ0) is 4.28. The minimum atomic E-state index is -1.07. The molecule has 0 aliphatic heterocycles. The first-order valence-corrected chi connectivity index (χ1v) is 2.78. The molecule has 0 amide bonds. The van der Waals surface area contributed by atoms with Gasteiger partial charge in [0.05, 0.1) is 11.0 Å². The van der Waals surface area contributed by atoms with Crippen molar-refractivity contribution >= 4 is 11.0 Å². The lowest BCUT2D eigenvalue weighted by molar-refractivity contribution is 0.685. The van der Waals surface area contributed by atoms with E-state index in [0.29, 0.717) is 5.75 Å². The molecule has 0 bridgehead atoms. The summed E-state index contributed by atoms with van der Waals surface area (Å²) in [6.45, 7) is 1.77. The summed E-state index contributed by atoms with van der Waals surface area (Å²) in [5.41, 5.74) is 0. The van der Waals surface area contributed by atoms with Crippen molar-refractivity contribution in [3.63, 3.8) is 0 Å². The van der Waals surface area contributed by atoms with Crippen LogP contribution in [0.1, 0.15) is 6.92 Å². The molecule has 5 heavy (non-hydrogen) atoms. The topological polar surface area (TPSA) is 43.1 Å². The van der Waals surface area contributed by atoms with Crippen molar-refractivity contribution in [1.82, 2.24) is 0 Å². The van der Waals surface area contributed by atoms with Gasteiger partial charge < -0.3 is 0 Å². The maximum atomic E-state index is 9.70. The first-order valence-electron chi connectivity index (χ1n) is 1.40. The van der Waals surface area contributed by atoms with Crippen LogP contribution >= 0.6 is 0 Å². The van der Waals surface area contributed by atoms with Gasteiger partial charge in [0.25, 0.3) is 0 Å². The quantitative estimate of drug-likeness (QED) is 0.472. The highest BCUT2D eigenvalue weighted by molar-refractivity contribution is 7.82. The third-order valence-corrected chi connectivity index (χ3v) is 0.854. The van der Waals surface area contributed by atoms with Crippen molar-refractivity contribution in [3.05, 3.63) is 0 Å². The Labute approximate surface area is 34.0 Å². The van der Waals surface area contributed by atoms with Crippen LogP contribution in [-0.4, -0.2) is 9.96 Å². The molecule has 32 valence electrons. The van der Waals surface area contributed by atoms with Gasteiger partial charge in [0.2, 0.25) is 0 Å². The van der Waals surface area contributed by atoms with Gasteiger partial charge in [0.15, 0.2) is 0 Å². The molecule has 0 aromatic carbocycles. The molecule has 0 aliphatic carbocycles. The largest absolute Gasteiger partial charge is 0.252 e. The minimum Gasteiger partial charge on any atom is -0.252 e. The Balaban J connectivity index is 2.85. The fourth-order valence-corrected chi connectivity index (χ4v) is 0. The number of nitrogens with two attached hydrogens (primary N) is 1. The Kier molecular flexibility index (Phi) is 2.41. The standard InChI is InChI=1S/C2H7NOS/c1-2-5(3)4/h2-3H2,1H3/t5-/m0/s1. The fourth-order valence-electron chi connectivity index (χ4n) is 0. The van der Waals surface area contributed by atoms with Gasteiger partial charge in [-0.2, -0.15) is 0 Å². The molecule has 0 unspecified atom stereocenters. The summed E-state index contributed by atoms with van der Waals surface area (Å²) in [5, 5.41) is 4.76. The molecular weight excluding hydrogens is 86.1 g/mol. The SMILES string of the molecule is CC[S@@](N)=O. The molecule has 0 saturated carbocycles. The number of hydrogen-bond acceptors (Lipinski definition) is 1. The van der Waals surface area contributed by atoms with E-state index in [-0.39, 0.29) is 0 Å². The van der Waals surface area contributed by atoms with Crippen LogP contribution in [0.2, 0.25) is 0 Å². The molecule has 3 heteroatoms. The van der Waals surface area contributed by atoms with E-state index in [1.165, 1.54) is 0 Å². The van der Waals surface area contributed by atoms with Crippen LogP contribution in [0.15, 0.2) is 0 Å². The van der Waals surface area contributed by atoms with E-state index in [0.717, 1.165) is 0 Å². The molecule has 0 aromatic rings. The highest BCUT2D eigenvalue weighted by Crippen LogP contribution is 1.58. The molecule has 2 nitrogen and oxygen atoms in total. The van der Waals surface area contributed by atoms with Gasteiger partial charge in [0.1, 0.15) is 0 Å². The van der Waals surface area contributed by atoms with Gasteiger partial charge in [-0.25, -0.2) is 4.21 Å². The Morgan fingerprint density at radius 1 is 2.00 bits per heavy atom. The fraction of sp³-hybridized carbons (Fsp3) is 1.00. The molecule has 0 spiro atoms. The molecule has 0 radical (unpaired) electrons. The van der Waals surface area contributed by atoms with Crippen molar-refractivity contribution in [2.45, 2.75) is 6.92 Å². The molecule has 0 rings (SSSR count). The first kappa shape index (κ1) is 5.11. The van der Waals surface area contributed by atoms with E-state index >= 15 is 0 Å². The second-order valence-corrected chi connectivity index (χ2v) is 2.01. The zero-order valence-electron chi connectivity index (χ0n) is 3.10. The Hall–Kier alpha value is 0.110. The van der Waals surface area contributed by atoms with E-state index in [1.807, 2.05) is 0 Å². The summed E-state index contributed by atoms with van der Waals surface area (Å²) in [6.07, 6.45) is 0. The van der Waals surface area contributed by atoms with Crippen molar-refractivity contribution in [3.8, 4) is 0 Å². The van der Waals surface area contributed by atoms with Gasteiger partial charge in [-0.05, 0) is 0 Å². The van der Waals surface area contributed by atoms with Gasteiger partial charge in [0, 0.05) is 5.75 Å². The normalized spacial score (nSPS) is 14.8. The molecule has 0 saturated heterocycles. The second-order valence-electron chi connectivity index (χ2n) is 0.669. The highest BCUT2D eigenvalue weighted by atomic mass is 32.2. The predicted octanol–water partition coefficient (Wildman–Crippen LogP) is -0.371. The smallest absolute Gasteiger partial charge is 0.0885 e. The van der Waals surface area contributed by atoms with E-state index in [9.17, 15) is 4.21 Å². The van der Waals surface area contributed by atoms with Crippen LogP contribution in [-0.2, 0) is 11.0 Å². The zero-order valence-corrected chi connectivity index (χ0v) is 3.92. The average Bonchev–Trinajstić information content (AvgIpc) is 1.38. The average molecular weight is 93.2 g/mol. The summed E-state index contributed by atoms with van der Waals surface area (Å²) in [5.74, 6) is 0.556. The lowest BCUT2D eigenvalue weighted by Gasteiger charge is -1.75. The lowest BCUT2D eigenvalue weighted by atomic mass is 11.0. The molecule has 2 N–H and O–H groups in total. The van der Waals surface area contributed by atoms with Crippen molar-refractivity contribution < 1.29 is 4.21 Å². The van der Waals surface area contributed by atoms with Crippen LogP contribution < -0.4 is 5.14 Å². The van der Waals surface area contributed by atoms with Gasteiger partial charge >= 0.3 is 0 Å². The summed E-state index contributed by atoms with van der Waals surface area (Å²) in [7, 11) is -1.07. The predicted molar refractivity (Wildman–Crippen MR) is 22.9 cm³/mol. The summed E-state index contributed by atoms with van der Waals surface area (Å²) in [4.78, 5) is 0. The Morgan fingerprint density at radius 3 is 2.20 bits per heavy atom. The van der Waals surface area contributed by atoms with Crippen molar-refractivity contribution in [1.29, 1.82) is 0 Å². The maximum absolute atomic E-state index is 9.70. The van der Waals surface area contributed by atoms with Gasteiger partial charge in [-0.1, -0.05) is 6.92 Å². The van der Waals surface area contributed by atoms with Gasteiger partial charge in [-0.15, -0.1) is 0 Å². The third-order valence-electron chi connectivity index (χ3n) is 0.285. The van der Waals surface area contributed by atoms with E-state index in [1.54, 1.807) is 6.92 Å². The highest BCUT2D eigenvalue weighted by Gasteiger charge is 1.73. The molecule has 0 heterocycles. The van der Waals surface area contributed by atoms with Gasteiger partial charge in [-0.3, -0.25) is 5.14 Å². The van der Waals surface area contributed by atoms with Crippen molar-refractivity contribution in [2.24, 2.45) is 5.14 Å². The minimum absolute atomic E-state index is 0.556. The van der Waals surface area contributed by atoms with Crippen LogP contribution in [0, 0.1) is 0 Å².